The Morgan fingerprint density at radius 3 is 3.00 bits per heavy atom. The van der Waals surface area contributed by atoms with Gasteiger partial charge in [-0.05, 0) is 80.5 Å². The predicted octanol–water partition coefficient (Wildman–Crippen LogP) is 5.20. The topological polar surface area (TPSA) is 0 Å². The monoisotopic (exact) mass is 268 g/mol. The number of terminal acetylenes is 1. The molecule has 4 aliphatic carbocycles. The van der Waals surface area contributed by atoms with Gasteiger partial charge in [-0.2, -0.15) is 0 Å². The van der Waals surface area contributed by atoms with Gasteiger partial charge in [0.05, 0.1) is 0 Å². The van der Waals surface area contributed by atoms with Gasteiger partial charge in [-0.3, -0.25) is 0 Å². The van der Waals surface area contributed by atoms with Crippen LogP contribution in [0.1, 0.15) is 64.7 Å². The highest BCUT2D eigenvalue weighted by Gasteiger charge is 2.55. The molecule has 0 N–H and O–H groups in total. The van der Waals surface area contributed by atoms with E-state index in [2.05, 4.69) is 18.9 Å². The van der Waals surface area contributed by atoms with Crippen LogP contribution in [0, 0.1) is 47.3 Å². The van der Waals surface area contributed by atoms with Crippen LogP contribution < -0.4 is 0 Å². The molecule has 0 aromatic carbocycles. The zero-order chi connectivity index (χ0) is 13.7. The molecule has 108 valence electrons. The number of fused-ring (bicyclic) bond motifs is 5. The Kier molecular flexibility index (Phi) is 3.03. The van der Waals surface area contributed by atoms with E-state index in [1.54, 1.807) is 5.57 Å². The van der Waals surface area contributed by atoms with Crippen molar-refractivity contribution in [1.82, 2.24) is 0 Å². The first kappa shape index (κ1) is 13.0. The summed E-state index contributed by atoms with van der Waals surface area (Å²) in [4.78, 5) is 0. The van der Waals surface area contributed by atoms with Crippen molar-refractivity contribution in [3.63, 3.8) is 0 Å². The molecule has 20 heavy (non-hydrogen) atoms. The van der Waals surface area contributed by atoms with Crippen molar-refractivity contribution in [1.29, 1.82) is 0 Å². The molecule has 0 radical (unpaired) electrons. The number of hydrogen-bond acceptors (Lipinski definition) is 0. The molecule has 0 spiro atoms. The van der Waals surface area contributed by atoms with Gasteiger partial charge in [0.25, 0.3) is 0 Å². The molecule has 0 aromatic heterocycles. The minimum Gasteiger partial charge on any atom is -0.120 e. The molecular weight excluding hydrogens is 240 g/mol. The van der Waals surface area contributed by atoms with Crippen molar-refractivity contribution in [2.24, 2.45) is 35.0 Å². The van der Waals surface area contributed by atoms with Gasteiger partial charge in [0, 0.05) is 5.92 Å². The van der Waals surface area contributed by atoms with E-state index in [4.69, 9.17) is 6.42 Å². The summed E-state index contributed by atoms with van der Waals surface area (Å²) in [5, 5.41) is 0. The smallest absolute Gasteiger partial charge is 0.0242 e. The summed E-state index contributed by atoms with van der Waals surface area (Å²) >= 11 is 0. The fraction of sp³-hybridized carbons (Fsp3) is 0.800. The summed E-state index contributed by atoms with van der Waals surface area (Å²) < 4.78 is 0. The highest BCUT2D eigenvalue weighted by atomic mass is 14.6. The van der Waals surface area contributed by atoms with Gasteiger partial charge < -0.3 is 0 Å². The zero-order valence-corrected chi connectivity index (χ0v) is 12.9. The third-order valence-electron chi connectivity index (χ3n) is 7.37. The SMILES string of the molecule is C#C[C@H]1C[C@]2(C)CCC[C@H]2[C@@H]2CCC3=CCCC[C@@H]3[C@H]21. The number of allylic oxidation sites excluding steroid dienone is 2. The van der Waals surface area contributed by atoms with E-state index in [9.17, 15) is 0 Å². The molecule has 6 atom stereocenters. The average molecular weight is 268 g/mol. The van der Waals surface area contributed by atoms with Gasteiger partial charge in [-0.25, -0.2) is 0 Å². The van der Waals surface area contributed by atoms with E-state index in [1.807, 2.05) is 0 Å². The quantitative estimate of drug-likeness (QED) is 0.418. The first-order chi connectivity index (χ1) is 9.73. The standard InChI is InChI=1S/C20H28/c1-3-14-13-20(2)12-6-9-18(20)17-11-10-15-7-4-5-8-16(15)19(14)17/h1,7,14,16-19H,4-6,8-13H2,2H3/t14-,16-,17-,18-,19+,20-/m0/s1. The average Bonchev–Trinajstić information content (AvgIpc) is 2.87. The Morgan fingerprint density at radius 2 is 2.15 bits per heavy atom. The molecule has 0 heteroatoms. The molecule has 0 saturated heterocycles. The maximum atomic E-state index is 6.00. The predicted molar refractivity (Wildman–Crippen MR) is 84.0 cm³/mol. The van der Waals surface area contributed by atoms with Crippen molar-refractivity contribution in [2.45, 2.75) is 64.7 Å². The van der Waals surface area contributed by atoms with Crippen LogP contribution in [0.5, 0.6) is 0 Å². The minimum absolute atomic E-state index is 0.561. The van der Waals surface area contributed by atoms with E-state index in [1.165, 1.54) is 57.8 Å². The van der Waals surface area contributed by atoms with Crippen LogP contribution in [-0.4, -0.2) is 0 Å². The summed E-state index contributed by atoms with van der Waals surface area (Å²) in [5.41, 5.74) is 2.37. The highest BCUT2D eigenvalue weighted by Crippen LogP contribution is 2.63. The van der Waals surface area contributed by atoms with Gasteiger partial charge in [0.2, 0.25) is 0 Å². The fourth-order valence-electron chi connectivity index (χ4n) is 6.61. The van der Waals surface area contributed by atoms with Crippen LogP contribution in [0.3, 0.4) is 0 Å². The fourth-order valence-corrected chi connectivity index (χ4v) is 6.61. The van der Waals surface area contributed by atoms with Gasteiger partial charge in [-0.15, -0.1) is 12.3 Å². The van der Waals surface area contributed by atoms with Crippen molar-refractivity contribution in [3.8, 4) is 12.3 Å². The van der Waals surface area contributed by atoms with Gasteiger partial charge in [-0.1, -0.05) is 25.0 Å². The van der Waals surface area contributed by atoms with Gasteiger partial charge >= 0.3 is 0 Å². The molecule has 4 rings (SSSR count). The molecule has 0 heterocycles. The third kappa shape index (κ3) is 1.75. The van der Waals surface area contributed by atoms with E-state index >= 15 is 0 Å². The van der Waals surface area contributed by atoms with Crippen LogP contribution in [0.15, 0.2) is 11.6 Å². The summed E-state index contributed by atoms with van der Waals surface area (Å²) in [6, 6.07) is 0. The molecule has 0 aromatic rings. The van der Waals surface area contributed by atoms with E-state index in [-0.39, 0.29) is 0 Å². The lowest BCUT2D eigenvalue weighted by atomic mass is 9.49. The Bertz CT molecular complexity index is 465. The molecule has 0 aliphatic heterocycles. The molecule has 0 bridgehead atoms. The maximum absolute atomic E-state index is 6.00. The molecule has 0 nitrogen and oxygen atoms in total. The van der Waals surface area contributed by atoms with Crippen molar-refractivity contribution in [3.05, 3.63) is 11.6 Å². The van der Waals surface area contributed by atoms with Crippen LogP contribution in [0.2, 0.25) is 0 Å². The van der Waals surface area contributed by atoms with Gasteiger partial charge in [0.15, 0.2) is 0 Å². The first-order valence-corrected chi connectivity index (χ1v) is 8.88. The lowest BCUT2D eigenvalue weighted by molar-refractivity contribution is -0.0264. The summed E-state index contributed by atoms with van der Waals surface area (Å²) in [7, 11) is 0. The molecule has 0 amide bonds. The molecular formula is C20H28. The Morgan fingerprint density at radius 1 is 1.25 bits per heavy atom. The Labute approximate surface area is 124 Å². The Balaban J connectivity index is 1.71. The highest BCUT2D eigenvalue weighted by molar-refractivity contribution is 5.21. The zero-order valence-electron chi connectivity index (χ0n) is 12.9. The van der Waals surface area contributed by atoms with E-state index < -0.39 is 0 Å². The van der Waals surface area contributed by atoms with Crippen molar-refractivity contribution in [2.75, 3.05) is 0 Å². The Hall–Kier alpha value is -0.700. The lowest BCUT2D eigenvalue weighted by Crippen LogP contribution is -2.48. The second-order valence-electron chi connectivity index (χ2n) is 8.23. The van der Waals surface area contributed by atoms with Crippen LogP contribution in [0.4, 0.5) is 0 Å². The molecule has 0 unspecified atom stereocenters. The number of rotatable bonds is 0. The van der Waals surface area contributed by atoms with E-state index in [0.717, 1.165) is 23.7 Å². The maximum Gasteiger partial charge on any atom is 0.0242 e. The molecule has 4 aliphatic rings. The second kappa shape index (κ2) is 4.66. The van der Waals surface area contributed by atoms with Gasteiger partial charge in [0.1, 0.15) is 0 Å². The summed E-state index contributed by atoms with van der Waals surface area (Å²) in [5.74, 6) is 7.42. The van der Waals surface area contributed by atoms with Crippen molar-refractivity contribution >= 4 is 0 Å². The first-order valence-electron chi connectivity index (χ1n) is 8.88. The molecule has 3 saturated carbocycles. The van der Waals surface area contributed by atoms with E-state index in [0.29, 0.717) is 11.3 Å². The van der Waals surface area contributed by atoms with Crippen LogP contribution in [-0.2, 0) is 0 Å². The molecule has 3 fully saturated rings. The van der Waals surface area contributed by atoms with Crippen LogP contribution >= 0.6 is 0 Å². The third-order valence-corrected chi connectivity index (χ3v) is 7.37. The largest absolute Gasteiger partial charge is 0.120 e. The van der Waals surface area contributed by atoms with Crippen molar-refractivity contribution < 1.29 is 0 Å². The van der Waals surface area contributed by atoms with Crippen LogP contribution in [0.25, 0.3) is 0 Å². The lowest BCUT2D eigenvalue weighted by Gasteiger charge is -2.55. The summed E-state index contributed by atoms with van der Waals surface area (Å²) in [6.45, 7) is 2.55. The normalized spacial score (nSPS) is 50.4. The number of hydrogen-bond donors (Lipinski definition) is 0. The minimum atomic E-state index is 0.561. The second-order valence-corrected chi connectivity index (χ2v) is 8.23. The summed E-state index contributed by atoms with van der Waals surface area (Å²) in [6.07, 6.45) is 21.2.